The summed E-state index contributed by atoms with van der Waals surface area (Å²) < 4.78 is 1.11. The van der Waals surface area contributed by atoms with Gasteiger partial charge in [-0.2, -0.15) is 0 Å². The Morgan fingerprint density at radius 2 is 1.89 bits per heavy atom. The first-order valence-corrected chi connectivity index (χ1v) is 6.70. The third kappa shape index (κ3) is 2.03. The predicted molar refractivity (Wildman–Crippen MR) is 74.9 cm³/mol. The van der Waals surface area contributed by atoms with Crippen molar-refractivity contribution >= 4 is 21.6 Å². The van der Waals surface area contributed by atoms with E-state index in [0.29, 0.717) is 0 Å². The van der Waals surface area contributed by atoms with E-state index in [0.717, 1.165) is 21.3 Å². The van der Waals surface area contributed by atoms with E-state index in [4.69, 9.17) is 0 Å². The van der Waals surface area contributed by atoms with E-state index < -0.39 is 6.10 Å². The van der Waals surface area contributed by atoms with E-state index in [2.05, 4.69) is 4.98 Å². The number of aliphatic hydroxyl groups is 1. The van der Waals surface area contributed by atoms with Gasteiger partial charge in [-0.05, 0) is 30.0 Å². The molecule has 1 N–H and O–H groups in total. The smallest absolute Gasteiger partial charge is 0.106 e. The van der Waals surface area contributed by atoms with Crippen LogP contribution in [0, 0.1) is 6.92 Å². The maximum Gasteiger partial charge on any atom is 0.106 e. The van der Waals surface area contributed by atoms with Crippen LogP contribution in [0.5, 0.6) is 0 Å². The van der Waals surface area contributed by atoms with Crippen molar-refractivity contribution in [3.8, 4) is 0 Å². The van der Waals surface area contributed by atoms with Gasteiger partial charge in [-0.15, -0.1) is 11.3 Å². The molecule has 90 valence electrons. The Hall–Kier alpha value is -1.71. The molecule has 3 heteroatoms. The molecule has 1 aromatic carbocycles. The summed E-state index contributed by atoms with van der Waals surface area (Å²) in [6, 6.07) is 11.9. The quantitative estimate of drug-likeness (QED) is 0.757. The first-order valence-electron chi connectivity index (χ1n) is 5.82. The topological polar surface area (TPSA) is 33.1 Å². The van der Waals surface area contributed by atoms with Crippen molar-refractivity contribution in [2.75, 3.05) is 0 Å². The highest BCUT2D eigenvalue weighted by molar-refractivity contribution is 7.17. The largest absolute Gasteiger partial charge is 0.384 e. The standard InChI is InChI=1S/C15H13NOS/c1-10-2-4-11(5-3-10)15(17)12-8-14-13(16-9-12)6-7-18-14/h2-9,15,17H,1H3. The maximum atomic E-state index is 10.3. The highest BCUT2D eigenvalue weighted by atomic mass is 32.1. The molecule has 1 atom stereocenters. The fourth-order valence-corrected chi connectivity index (χ4v) is 2.74. The van der Waals surface area contributed by atoms with Crippen LogP contribution >= 0.6 is 11.3 Å². The maximum absolute atomic E-state index is 10.3. The van der Waals surface area contributed by atoms with E-state index in [9.17, 15) is 5.11 Å². The Kier molecular flexibility index (Phi) is 2.86. The minimum atomic E-state index is -0.607. The van der Waals surface area contributed by atoms with Gasteiger partial charge in [-0.25, -0.2) is 0 Å². The fourth-order valence-electron chi connectivity index (χ4n) is 1.95. The molecule has 1 unspecified atom stereocenters. The van der Waals surface area contributed by atoms with E-state index in [1.807, 2.05) is 48.7 Å². The summed E-state index contributed by atoms with van der Waals surface area (Å²) in [6.07, 6.45) is 1.14. The van der Waals surface area contributed by atoms with Crippen LogP contribution in [-0.2, 0) is 0 Å². The lowest BCUT2D eigenvalue weighted by atomic mass is 10.0. The van der Waals surface area contributed by atoms with Crippen LogP contribution in [0.1, 0.15) is 22.8 Å². The SMILES string of the molecule is Cc1ccc(C(O)c2cnc3ccsc3c2)cc1. The number of fused-ring (bicyclic) bond motifs is 1. The lowest BCUT2D eigenvalue weighted by Crippen LogP contribution is -1.99. The molecule has 0 spiro atoms. The molecule has 2 heterocycles. The zero-order chi connectivity index (χ0) is 12.5. The molecular weight excluding hydrogens is 242 g/mol. The Bertz CT molecular complexity index is 672. The van der Waals surface area contributed by atoms with Crippen LogP contribution in [0.2, 0.25) is 0 Å². The zero-order valence-electron chi connectivity index (χ0n) is 10.00. The predicted octanol–water partition coefficient (Wildman–Crippen LogP) is 3.69. The van der Waals surface area contributed by atoms with E-state index in [1.54, 1.807) is 17.5 Å². The number of hydrogen-bond donors (Lipinski definition) is 1. The second-order valence-corrected chi connectivity index (χ2v) is 5.33. The molecule has 0 bridgehead atoms. The second-order valence-electron chi connectivity index (χ2n) is 4.39. The second kappa shape index (κ2) is 4.52. The van der Waals surface area contributed by atoms with Gasteiger partial charge in [0.15, 0.2) is 0 Å². The van der Waals surface area contributed by atoms with Crippen LogP contribution in [0.15, 0.2) is 48.0 Å². The van der Waals surface area contributed by atoms with Crippen molar-refractivity contribution in [3.05, 3.63) is 64.7 Å². The average molecular weight is 255 g/mol. The minimum absolute atomic E-state index is 0.607. The number of pyridine rings is 1. The van der Waals surface area contributed by atoms with E-state index in [1.165, 1.54) is 5.56 Å². The molecule has 18 heavy (non-hydrogen) atoms. The number of benzene rings is 1. The molecule has 2 nitrogen and oxygen atoms in total. The Labute approximate surface area is 110 Å². The van der Waals surface area contributed by atoms with Gasteiger partial charge in [0.1, 0.15) is 6.10 Å². The molecule has 2 aromatic heterocycles. The van der Waals surface area contributed by atoms with Gasteiger partial charge in [0, 0.05) is 11.8 Å². The number of thiophene rings is 1. The Morgan fingerprint density at radius 1 is 1.11 bits per heavy atom. The first-order chi connectivity index (χ1) is 8.74. The monoisotopic (exact) mass is 255 g/mol. The van der Waals surface area contributed by atoms with E-state index >= 15 is 0 Å². The molecule has 0 aliphatic heterocycles. The summed E-state index contributed by atoms with van der Waals surface area (Å²) in [5, 5.41) is 12.4. The minimum Gasteiger partial charge on any atom is -0.384 e. The normalized spacial score (nSPS) is 12.8. The van der Waals surface area contributed by atoms with Gasteiger partial charge >= 0.3 is 0 Å². The molecule has 0 fully saturated rings. The molecule has 0 aliphatic rings. The fraction of sp³-hybridized carbons (Fsp3) is 0.133. The van der Waals surface area contributed by atoms with Crippen molar-refractivity contribution in [1.82, 2.24) is 4.98 Å². The molecule has 3 rings (SSSR count). The average Bonchev–Trinajstić information content (AvgIpc) is 2.86. The molecule has 0 saturated carbocycles. The number of aromatic nitrogens is 1. The van der Waals surface area contributed by atoms with Crippen molar-refractivity contribution in [3.63, 3.8) is 0 Å². The number of aliphatic hydroxyl groups excluding tert-OH is 1. The van der Waals surface area contributed by atoms with Gasteiger partial charge in [-0.1, -0.05) is 29.8 Å². The van der Waals surface area contributed by atoms with Crippen LogP contribution in [0.4, 0.5) is 0 Å². The van der Waals surface area contributed by atoms with Crippen molar-refractivity contribution in [1.29, 1.82) is 0 Å². The Balaban J connectivity index is 2.00. The van der Waals surface area contributed by atoms with Gasteiger partial charge < -0.3 is 5.11 Å². The summed E-state index contributed by atoms with van der Waals surface area (Å²) in [5.74, 6) is 0. The lowest BCUT2D eigenvalue weighted by Gasteiger charge is -2.11. The highest BCUT2D eigenvalue weighted by Gasteiger charge is 2.11. The molecule has 0 saturated heterocycles. The van der Waals surface area contributed by atoms with Crippen molar-refractivity contribution in [2.24, 2.45) is 0 Å². The summed E-state index contributed by atoms with van der Waals surface area (Å²) in [7, 11) is 0. The number of aryl methyl sites for hydroxylation is 1. The molecule has 0 aliphatic carbocycles. The van der Waals surface area contributed by atoms with Crippen molar-refractivity contribution < 1.29 is 5.11 Å². The van der Waals surface area contributed by atoms with Gasteiger partial charge in [0.05, 0.1) is 10.2 Å². The summed E-state index contributed by atoms with van der Waals surface area (Å²) in [5.41, 5.74) is 3.92. The third-order valence-electron chi connectivity index (χ3n) is 3.03. The first kappa shape index (κ1) is 11.4. The third-order valence-corrected chi connectivity index (χ3v) is 3.89. The van der Waals surface area contributed by atoms with Crippen LogP contribution in [-0.4, -0.2) is 10.1 Å². The number of rotatable bonds is 2. The van der Waals surface area contributed by atoms with Crippen LogP contribution < -0.4 is 0 Å². The summed E-state index contributed by atoms with van der Waals surface area (Å²) in [6.45, 7) is 2.04. The van der Waals surface area contributed by atoms with Crippen LogP contribution in [0.25, 0.3) is 10.2 Å². The summed E-state index contributed by atoms with van der Waals surface area (Å²) >= 11 is 1.64. The number of hydrogen-bond acceptors (Lipinski definition) is 3. The van der Waals surface area contributed by atoms with E-state index in [-0.39, 0.29) is 0 Å². The van der Waals surface area contributed by atoms with Crippen molar-refractivity contribution in [2.45, 2.75) is 13.0 Å². The highest BCUT2D eigenvalue weighted by Crippen LogP contribution is 2.26. The van der Waals surface area contributed by atoms with Crippen LogP contribution in [0.3, 0.4) is 0 Å². The molecule has 0 amide bonds. The molecular formula is C15H13NOS. The van der Waals surface area contributed by atoms with Gasteiger partial charge in [-0.3, -0.25) is 4.98 Å². The lowest BCUT2D eigenvalue weighted by molar-refractivity contribution is 0.220. The Morgan fingerprint density at radius 3 is 2.67 bits per heavy atom. The molecule has 3 aromatic rings. The zero-order valence-corrected chi connectivity index (χ0v) is 10.8. The molecule has 0 radical (unpaired) electrons. The van der Waals surface area contributed by atoms with Gasteiger partial charge in [0.25, 0.3) is 0 Å². The number of nitrogens with zero attached hydrogens (tertiary/aromatic N) is 1. The summed E-state index contributed by atoms with van der Waals surface area (Å²) in [4.78, 5) is 4.36. The van der Waals surface area contributed by atoms with Gasteiger partial charge in [0.2, 0.25) is 0 Å².